The maximum absolute atomic E-state index is 12.1. The molecule has 0 atom stereocenters. The summed E-state index contributed by atoms with van der Waals surface area (Å²) in [5, 5.41) is 3.03. The van der Waals surface area contributed by atoms with Crippen LogP contribution in [0.4, 0.5) is 0 Å². The molecule has 1 aliphatic carbocycles. The van der Waals surface area contributed by atoms with Crippen LogP contribution in [0.25, 0.3) is 0 Å². The predicted octanol–water partition coefficient (Wildman–Crippen LogP) is 1.21. The van der Waals surface area contributed by atoms with Crippen LogP contribution in [-0.4, -0.2) is 26.6 Å². The van der Waals surface area contributed by atoms with Crippen molar-refractivity contribution in [3.05, 3.63) is 18.0 Å². The zero-order valence-electron chi connectivity index (χ0n) is 11.6. The second-order valence-corrected chi connectivity index (χ2v) is 7.06. The van der Waals surface area contributed by atoms with Crippen molar-refractivity contribution in [1.29, 1.82) is 0 Å². The highest BCUT2D eigenvalue weighted by molar-refractivity contribution is 7.89. The molecule has 1 aromatic heterocycles. The van der Waals surface area contributed by atoms with Crippen molar-refractivity contribution in [3.8, 4) is 0 Å². The van der Waals surface area contributed by atoms with E-state index < -0.39 is 10.0 Å². The maximum Gasteiger partial charge on any atom is 0.242 e. The Labute approximate surface area is 115 Å². The Bertz CT molecular complexity index is 518. The molecule has 0 unspecified atom stereocenters. The standard InChI is InChI=1S/C13H23N3O2S/c1-14-9-12-8-13(10-16(12)2)19(17,18)15-7-6-11-4-3-5-11/h8,10-11,14-15H,3-7,9H2,1-2H3. The van der Waals surface area contributed by atoms with E-state index in [0.29, 0.717) is 18.0 Å². The largest absolute Gasteiger partial charge is 0.352 e. The third-order valence-corrected chi connectivity index (χ3v) is 5.25. The monoisotopic (exact) mass is 285 g/mol. The lowest BCUT2D eigenvalue weighted by Gasteiger charge is -2.24. The molecule has 2 rings (SSSR count). The van der Waals surface area contributed by atoms with Gasteiger partial charge in [0.25, 0.3) is 0 Å². The summed E-state index contributed by atoms with van der Waals surface area (Å²) in [5.41, 5.74) is 0.960. The van der Waals surface area contributed by atoms with Gasteiger partial charge in [-0.3, -0.25) is 0 Å². The minimum atomic E-state index is -3.36. The molecule has 6 heteroatoms. The van der Waals surface area contributed by atoms with E-state index >= 15 is 0 Å². The molecule has 1 aliphatic rings. The number of nitrogens with zero attached hydrogens (tertiary/aromatic N) is 1. The Morgan fingerprint density at radius 2 is 2.16 bits per heavy atom. The van der Waals surface area contributed by atoms with Crippen LogP contribution in [-0.2, 0) is 23.6 Å². The number of rotatable bonds is 7. The number of aromatic nitrogens is 1. The minimum absolute atomic E-state index is 0.355. The van der Waals surface area contributed by atoms with E-state index in [1.807, 2.05) is 18.7 Å². The lowest BCUT2D eigenvalue weighted by Crippen LogP contribution is -2.27. The molecular weight excluding hydrogens is 262 g/mol. The molecule has 1 saturated carbocycles. The van der Waals surface area contributed by atoms with Crippen molar-refractivity contribution < 1.29 is 8.42 Å². The summed E-state index contributed by atoms with van der Waals surface area (Å²) < 4.78 is 28.8. The van der Waals surface area contributed by atoms with E-state index in [2.05, 4.69) is 10.0 Å². The fraction of sp³-hybridized carbons (Fsp3) is 0.692. The first-order valence-corrected chi connectivity index (χ1v) is 8.31. The van der Waals surface area contributed by atoms with Crippen molar-refractivity contribution in [2.24, 2.45) is 13.0 Å². The first kappa shape index (κ1) is 14.6. The molecule has 0 aliphatic heterocycles. The molecule has 1 fully saturated rings. The van der Waals surface area contributed by atoms with E-state index in [1.54, 1.807) is 12.3 Å². The van der Waals surface area contributed by atoms with Gasteiger partial charge >= 0.3 is 0 Å². The Kier molecular flexibility index (Phi) is 4.65. The smallest absolute Gasteiger partial charge is 0.242 e. The average Bonchev–Trinajstić information content (AvgIpc) is 2.66. The SMILES string of the molecule is CNCc1cc(S(=O)(=O)NCCC2CCC2)cn1C. The van der Waals surface area contributed by atoms with E-state index in [4.69, 9.17) is 0 Å². The van der Waals surface area contributed by atoms with Crippen LogP contribution in [0.15, 0.2) is 17.2 Å². The van der Waals surface area contributed by atoms with E-state index in [1.165, 1.54) is 19.3 Å². The average molecular weight is 285 g/mol. The summed E-state index contributed by atoms with van der Waals surface area (Å²) >= 11 is 0. The lowest BCUT2D eigenvalue weighted by atomic mass is 9.83. The Morgan fingerprint density at radius 3 is 2.74 bits per heavy atom. The van der Waals surface area contributed by atoms with Gasteiger partial charge in [0.1, 0.15) is 0 Å². The van der Waals surface area contributed by atoms with Gasteiger partial charge in [-0.2, -0.15) is 0 Å². The number of nitrogens with one attached hydrogen (secondary N) is 2. The zero-order chi connectivity index (χ0) is 13.9. The molecule has 108 valence electrons. The van der Waals surface area contributed by atoms with Crippen molar-refractivity contribution in [2.45, 2.75) is 37.1 Å². The van der Waals surface area contributed by atoms with Crippen LogP contribution in [0, 0.1) is 5.92 Å². The van der Waals surface area contributed by atoms with Gasteiger partial charge in [0.2, 0.25) is 10.0 Å². The molecule has 0 amide bonds. The minimum Gasteiger partial charge on any atom is -0.352 e. The molecule has 5 nitrogen and oxygen atoms in total. The van der Waals surface area contributed by atoms with E-state index in [-0.39, 0.29) is 0 Å². The number of hydrogen-bond acceptors (Lipinski definition) is 3. The molecular formula is C13H23N3O2S. The van der Waals surface area contributed by atoms with Gasteiger partial charge in [-0.15, -0.1) is 0 Å². The highest BCUT2D eigenvalue weighted by Crippen LogP contribution is 2.28. The topological polar surface area (TPSA) is 63.1 Å². The first-order valence-electron chi connectivity index (χ1n) is 6.82. The number of hydrogen-bond donors (Lipinski definition) is 2. The van der Waals surface area contributed by atoms with Gasteiger partial charge in [-0.1, -0.05) is 19.3 Å². The zero-order valence-corrected chi connectivity index (χ0v) is 12.5. The summed E-state index contributed by atoms with van der Waals surface area (Å²) in [6.07, 6.45) is 6.41. The van der Waals surface area contributed by atoms with Crippen LogP contribution < -0.4 is 10.0 Å². The van der Waals surface area contributed by atoms with Crippen LogP contribution in [0.2, 0.25) is 0 Å². The quantitative estimate of drug-likeness (QED) is 0.791. The van der Waals surface area contributed by atoms with Crippen LogP contribution in [0.5, 0.6) is 0 Å². The van der Waals surface area contributed by atoms with Gasteiger partial charge in [0, 0.05) is 32.0 Å². The van der Waals surface area contributed by atoms with Gasteiger partial charge in [-0.05, 0) is 25.5 Å². The fourth-order valence-corrected chi connectivity index (χ4v) is 3.48. The summed E-state index contributed by atoms with van der Waals surface area (Å²) in [4.78, 5) is 0.355. The van der Waals surface area contributed by atoms with E-state index in [9.17, 15) is 8.42 Å². The lowest BCUT2D eigenvalue weighted by molar-refractivity contribution is 0.297. The molecule has 2 N–H and O–H groups in total. The molecule has 0 radical (unpaired) electrons. The fourth-order valence-electron chi connectivity index (χ4n) is 2.34. The third-order valence-electron chi connectivity index (χ3n) is 3.82. The normalized spacial score (nSPS) is 16.5. The second-order valence-electron chi connectivity index (χ2n) is 5.29. The molecule has 0 saturated heterocycles. The maximum atomic E-state index is 12.1. The van der Waals surface area contributed by atoms with Crippen molar-refractivity contribution in [2.75, 3.05) is 13.6 Å². The number of aryl methyl sites for hydroxylation is 1. The predicted molar refractivity (Wildman–Crippen MR) is 75.3 cm³/mol. The molecule has 0 aromatic carbocycles. The highest BCUT2D eigenvalue weighted by Gasteiger charge is 2.20. The van der Waals surface area contributed by atoms with Crippen molar-refractivity contribution >= 4 is 10.0 Å². The van der Waals surface area contributed by atoms with Crippen molar-refractivity contribution in [3.63, 3.8) is 0 Å². The van der Waals surface area contributed by atoms with Gasteiger partial charge < -0.3 is 9.88 Å². The van der Waals surface area contributed by atoms with Gasteiger partial charge in [0.05, 0.1) is 4.90 Å². The summed E-state index contributed by atoms with van der Waals surface area (Å²) in [6.45, 7) is 1.21. The Morgan fingerprint density at radius 1 is 1.42 bits per heavy atom. The number of sulfonamides is 1. The van der Waals surface area contributed by atoms with E-state index in [0.717, 1.165) is 18.0 Å². The summed E-state index contributed by atoms with van der Waals surface area (Å²) in [5.74, 6) is 0.721. The van der Waals surface area contributed by atoms with Gasteiger partial charge in [0.15, 0.2) is 0 Å². The van der Waals surface area contributed by atoms with Crippen molar-refractivity contribution in [1.82, 2.24) is 14.6 Å². The van der Waals surface area contributed by atoms with Crippen LogP contribution in [0.3, 0.4) is 0 Å². The van der Waals surface area contributed by atoms with Crippen LogP contribution in [0.1, 0.15) is 31.4 Å². The highest BCUT2D eigenvalue weighted by atomic mass is 32.2. The first-order chi connectivity index (χ1) is 9.03. The third kappa shape index (κ3) is 3.58. The molecule has 0 bridgehead atoms. The molecule has 0 spiro atoms. The Balaban J connectivity index is 1.95. The molecule has 1 heterocycles. The van der Waals surface area contributed by atoms with Crippen LogP contribution >= 0.6 is 0 Å². The van der Waals surface area contributed by atoms with Gasteiger partial charge in [-0.25, -0.2) is 13.1 Å². The summed E-state index contributed by atoms with van der Waals surface area (Å²) in [7, 11) is 0.348. The molecule has 1 aromatic rings. The second kappa shape index (κ2) is 6.07. The summed E-state index contributed by atoms with van der Waals surface area (Å²) in [6, 6.07) is 1.72. The Hall–Kier alpha value is -0.850. The molecule has 19 heavy (non-hydrogen) atoms.